The zero-order valence-corrected chi connectivity index (χ0v) is 17.6. The summed E-state index contributed by atoms with van der Waals surface area (Å²) in [6.45, 7) is 0. The second kappa shape index (κ2) is 7.95. The summed E-state index contributed by atoms with van der Waals surface area (Å²) in [6, 6.07) is 17.2. The second-order valence-corrected chi connectivity index (χ2v) is 8.02. The van der Waals surface area contributed by atoms with Gasteiger partial charge in [-0.1, -0.05) is 35.9 Å². The van der Waals surface area contributed by atoms with Gasteiger partial charge in [0.15, 0.2) is 6.10 Å². The van der Waals surface area contributed by atoms with Gasteiger partial charge in [-0.05, 0) is 48.0 Å². The Labute approximate surface area is 191 Å². The van der Waals surface area contributed by atoms with Gasteiger partial charge in [0.1, 0.15) is 16.8 Å². The minimum Gasteiger partial charge on any atom is -0.273 e. The summed E-state index contributed by atoms with van der Waals surface area (Å²) in [5.41, 5.74) is 0.863. The first kappa shape index (κ1) is 21.0. The van der Waals surface area contributed by atoms with E-state index in [1.807, 2.05) is 0 Å². The Bertz CT molecular complexity index is 1270. The fourth-order valence-corrected chi connectivity index (χ4v) is 4.44. The third-order valence-corrected chi connectivity index (χ3v) is 6.04. The Kier molecular flexibility index (Phi) is 5.07. The molecule has 2 amide bonds. The van der Waals surface area contributed by atoms with Crippen LogP contribution in [0.2, 0.25) is 5.02 Å². The Balaban J connectivity index is 1.61. The highest BCUT2D eigenvalue weighted by Crippen LogP contribution is 2.48. The van der Waals surface area contributed by atoms with E-state index in [1.165, 1.54) is 29.3 Å². The molecule has 3 aromatic rings. The molecular formula is C23H15ClFN3O5. The Morgan fingerprint density at radius 1 is 0.939 bits per heavy atom. The minimum atomic E-state index is -1.15. The van der Waals surface area contributed by atoms with Gasteiger partial charge in [0.05, 0.1) is 22.3 Å². The number of benzene rings is 3. The van der Waals surface area contributed by atoms with E-state index in [0.29, 0.717) is 11.3 Å². The van der Waals surface area contributed by atoms with Gasteiger partial charge in [-0.15, -0.1) is 0 Å². The molecule has 0 aromatic heterocycles. The van der Waals surface area contributed by atoms with Crippen molar-refractivity contribution in [1.82, 2.24) is 0 Å². The van der Waals surface area contributed by atoms with E-state index in [-0.39, 0.29) is 16.4 Å². The van der Waals surface area contributed by atoms with E-state index in [4.69, 9.17) is 16.4 Å². The van der Waals surface area contributed by atoms with E-state index in [1.54, 1.807) is 36.4 Å². The van der Waals surface area contributed by atoms with Gasteiger partial charge in [0.25, 0.3) is 11.6 Å². The summed E-state index contributed by atoms with van der Waals surface area (Å²) in [5, 5.41) is 12.8. The molecule has 0 aliphatic carbocycles. The molecule has 2 saturated heterocycles. The monoisotopic (exact) mass is 467 g/mol. The number of amides is 2. The molecule has 10 heteroatoms. The largest absolute Gasteiger partial charge is 0.288 e. The van der Waals surface area contributed by atoms with Gasteiger partial charge < -0.3 is 0 Å². The molecule has 5 rings (SSSR count). The molecule has 0 spiro atoms. The smallest absolute Gasteiger partial charge is 0.273 e. The number of fused-ring (bicyclic) bond motifs is 1. The number of hydroxylamine groups is 1. The number of nitrogens with zero attached hydrogens (tertiary/aromatic N) is 3. The van der Waals surface area contributed by atoms with Crippen molar-refractivity contribution in [3.05, 3.63) is 99.3 Å². The van der Waals surface area contributed by atoms with E-state index in [0.717, 1.165) is 17.0 Å². The maximum Gasteiger partial charge on any atom is 0.288 e. The molecule has 166 valence electrons. The normalized spacial score (nSPS) is 22.1. The van der Waals surface area contributed by atoms with Gasteiger partial charge in [0, 0.05) is 6.07 Å². The van der Waals surface area contributed by atoms with Crippen molar-refractivity contribution in [2.45, 2.75) is 12.1 Å². The highest BCUT2D eigenvalue weighted by Gasteiger charge is 2.60. The quantitative estimate of drug-likeness (QED) is 0.320. The Morgan fingerprint density at radius 3 is 2.30 bits per heavy atom. The summed E-state index contributed by atoms with van der Waals surface area (Å²) in [5.74, 6) is -2.62. The molecule has 0 saturated carbocycles. The summed E-state index contributed by atoms with van der Waals surface area (Å²) < 4.78 is 13.4. The fourth-order valence-electron chi connectivity index (χ4n) is 4.25. The zero-order chi connectivity index (χ0) is 23.3. The van der Waals surface area contributed by atoms with E-state index in [2.05, 4.69) is 0 Å². The van der Waals surface area contributed by atoms with Crippen LogP contribution < -0.4 is 9.96 Å². The summed E-state index contributed by atoms with van der Waals surface area (Å²) in [6.07, 6.45) is -1.15. The third-order valence-electron chi connectivity index (χ3n) is 5.72. The number of carbonyl (C=O) groups excluding carboxylic acids is 2. The average Bonchev–Trinajstić information content (AvgIpc) is 3.31. The van der Waals surface area contributed by atoms with Crippen LogP contribution in [0.1, 0.15) is 11.6 Å². The van der Waals surface area contributed by atoms with Gasteiger partial charge in [-0.3, -0.25) is 24.5 Å². The second-order valence-electron chi connectivity index (χ2n) is 7.61. The lowest BCUT2D eigenvalue weighted by Crippen LogP contribution is -2.37. The number of rotatable bonds is 4. The van der Waals surface area contributed by atoms with E-state index in [9.17, 15) is 24.1 Å². The van der Waals surface area contributed by atoms with E-state index < -0.39 is 40.6 Å². The number of para-hydroxylation sites is 1. The van der Waals surface area contributed by atoms with Gasteiger partial charge >= 0.3 is 0 Å². The molecule has 0 unspecified atom stereocenters. The number of carbonyl (C=O) groups is 2. The minimum absolute atomic E-state index is 0.0489. The number of halogens is 2. The predicted molar refractivity (Wildman–Crippen MR) is 117 cm³/mol. The van der Waals surface area contributed by atoms with Crippen LogP contribution in [-0.2, 0) is 14.4 Å². The van der Waals surface area contributed by atoms with Crippen molar-refractivity contribution in [3.63, 3.8) is 0 Å². The third kappa shape index (κ3) is 3.42. The van der Waals surface area contributed by atoms with Crippen LogP contribution in [-0.4, -0.2) is 22.8 Å². The maximum atomic E-state index is 13.5. The lowest BCUT2D eigenvalue weighted by molar-refractivity contribution is -0.384. The molecule has 0 radical (unpaired) electrons. The first-order valence-corrected chi connectivity index (χ1v) is 10.3. The topological polar surface area (TPSA) is 93.0 Å². The summed E-state index contributed by atoms with van der Waals surface area (Å²) >= 11 is 5.98. The van der Waals surface area contributed by atoms with Crippen LogP contribution in [0.15, 0.2) is 72.8 Å². The van der Waals surface area contributed by atoms with Gasteiger partial charge in [-0.2, -0.15) is 0 Å². The first-order chi connectivity index (χ1) is 15.9. The lowest BCUT2D eigenvalue weighted by atomic mass is 9.90. The number of nitro benzene ring substituents is 1. The van der Waals surface area contributed by atoms with Crippen molar-refractivity contribution in [2.24, 2.45) is 5.92 Å². The molecular weight excluding hydrogens is 453 g/mol. The molecule has 3 aromatic carbocycles. The van der Waals surface area contributed by atoms with Crippen molar-refractivity contribution in [3.8, 4) is 0 Å². The van der Waals surface area contributed by atoms with Crippen molar-refractivity contribution < 1.29 is 23.7 Å². The standard InChI is InChI=1S/C23H15ClFN3O5/c24-17-11-6-13(12-18(17)28(31)32)20-19-21(33-27(20)16-4-2-1-3-5-16)23(30)26(22(19)29)15-9-7-14(25)8-10-15/h1-12,19-21H/t19-,20+,21+/m1/s1. The molecule has 8 nitrogen and oxygen atoms in total. The Hall–Kier alpha value is -3.82. The zero-order valence-electron chi connectivity index (χ0n) is 16.8. The average molecular weight is 468 g/mol. The van der Waals surface area contributed by atoms with Crippen LogP contribution in [0.4, 0.5) is 21.5 Å². The fraction of sp³-hybridized carbons (Fsp3) is 0.130. The van der Waals surface area contributed by atoms with Crippen LogP contribution >= 0.6 is 11.6 Å². The summed E-state index contributed by atoms with van der Waals surface area (Å²) in [4.78, 5) is 44.5. The molecule has 2 aliphatic rings. The van der Waals surface area contributed by atoms with Crippen LogP contribution in [0.5, 0.6) is 0 Å². The first-order valence-electron chi connectivity index (χ1n) is 9.95. The molecule has 2 fully saturated rings. The maximum absolute atomic E-state index is 13.5. The van der Waals surface area contributed by atoms with Crippen LogP contribution in [0.25, 0.3) is 0 Å². The van der Waals surface area contributed by atoms with Gasteiger partial charge in [-0.25, -0.2) is 14.4 Å². The number of anilines is 2. The molecule has 2 aliphatic heterocycles. The predicted octanol–water partition coefficient (Wildman–Crippen LogP) is 4.44. The number of hydrogen-bond acceptors (Lipinski definition) is 6. The summed E-state index contributed by atoms with van der Waals surface area (Å²) in [7, 11) is 0. The number of nitro groups is 1. The molecule has 0 bridgehead atoms. The Morgan fingerprint density at radius 2 is 1.64 bits per heavy atom. The van der Waals surface area contributed by atoms with Crippen molar-refractivity contribution in [2.75, 3.05) is 9.96 Å². The van der Waals surface area contributed by atoms with Crippen molar-refractivity contribution in [1.29, 1.82) is 0 Å². The van der Waals surface area contributed by atoms with Gasteiger partial charge in [0.2, 0.25) is 5.91 Å². The number of hydrogen-bond donors (Lipinski definition) is 0. The SMILES string of the molecule is O=C1[C@H]2[C@H](ON(c3ccccc3)[C@H]2c2ccc(Cl)c([N+](=O)[O-])c2)C(=O)N1c1ccc(F)cc1. The highest BCUT2D eigenvalue weighted by molar-refractivity contribution is 6.32. The van der Waals surface area contributed by atoms with Crippen molar-refractivity contribution >= 4 is 40.5 Å². The van der Waals surface area contributed by atoms with Crippen LogP contribution in [0.3, 0.4) is 0 Å². The lowest BCUT2D eigenvalue weighted by Gasteiger charge is -2.28. The molecule has 3 atom stereocenters. The highest BCUT2D eigenvalue weighted by atomic mass is 35.5. The van der Waals surface area contributed by atoms with Crippen LogP contribution in [0, 0.1) is 21.8 Å². The molecule has 33 heavy (non-hydrogen) atoms. The molecule has 2 heterocycles. The number of imide groups is 1. The van der Waals surface area contributed by atoms with E-state index >= 15 is 0 Å². The molecule has 0 N–H and O–H groups in total.